The second kappa shape index (κ2) is 7.31. The molecule has 0 aliphatic carbocycles. The summed E-state index contributed by atoms with van der Waals surface area (Å²) >= 11 is 0. The fourth-order valence-electron chi connectivity index (χ4n) is 3.28. The number of fused-ring (bicyclic) bond motifs is 1. The third-order valence-electron chi connectivity index (χ3n) is 4.67. The van der Waals surface area contributed by atoms with E-state index in [1.165, 1.54) is 6.20 Å². The Kier molecular flexibility index (Phi) is 5.08. The van der Waals surface area contributed by atoms with Gasteiger partial charge in [-0.1, -0.05) is 45.9 Å². The molecule has 0 saturated heterocycles. The van der Waals surface area contributed by atoms with Crippen molar-refractivity contribution in [3.63, 3.8) is 0 Å². The number of amides is 3. The van der Waals surface area contributed by atoms with Crippen LogP contribution in [0.15, 0.2) is 36.5 Å². The van der Waals surface area contributed by atoms with Crippen molar-refractivity contribution in [2.24, 2.45) is 0 Å². The SMILES string of the molecule is CC(C)c1cccc(C(C)C)c1NC(=O)CN1C(=O)c2cccnc2C1=O. The smallest absolute Gasteiger partial charge is 0.280 e. The van der Waals surface area contributed by atoms with Gasteiger partial charge in [-0.25, -0.2) is 0 Å². The van der Waals surface area contributed by atoms with Crippen molar-refractivity contribution in [2.45, 2.75) is 39.5 Å². The Hall–Kier alpha value is -3.02. The van der Waals surface area contributed by atoms with E-state index >= 15 is 0 Å². The van der Waals surface area contributed by atoms with Crippen molar-refractivity contribution in [1.29, 1.82) is 0 Å². The Balaban J connectivity index is 1.84. The molecule has 0 radical (unpaired) electrons. The van der Waals surface area contributed by atoms with Crippen LogP contribution in [-0.4, -0.2) is 34.2 Å². The molecule has 2 heterocycles. The highest BCUT2D eigenvalue weighted by Crippen LogP contribution is 2.32. The second-order valence-electron chi connectivity index (χ2n) is 7.27. The maximum absolute atomic E-state index is 12.7. The summed E-state index contributed by atoms with van der Waals surface area (Å²) in [5, 5.41) is 2.93. The summed E-state index contributed by atoms with van der Waals surface area (Å²) < 4.78 is 0. The largest absolute Gasteiger partial charge is 0.324 e. The summed E-state index contributed by atoms with van der Waals surface area (Å²) in [6.07, 6.45) is 1.46. The number of hydrogen-bond acceptors (Lipinski definition) is 4. The van der Waals surface area contributed by atoms with Crippen LogP contribution in [0, 0.1) is 0 Å². The van der Waals surface area contributed by atoms with Gasteiger partial charge < -0.3 is 5.32 Å². The average molecular weight is 365 g/mol. The highest BCUT2D eigenvalue weighted by atomic mass is 16.2. The monoisotopic (exact) mass is 365 g/mol. The van der Waals surface area contributed by atoms with Gasteiger partial charge in [-0.05, 0) is 35.1 Å². The molecule has 1 aliphatic heterocycles. The number of hydrogen-bond donors (Lipinski definition) is 1. The third-order valence-corrected chi connectivity index (χ3v) is 4.67. The molecule has 6 heteroatoms. The number of carbonyl (C=O) groups excluding carboxylic acids is 3. The van der Waals surface area contributed by atoms with Gasteiger partial charge in [0.05, 0.1) is 5.56 Å². The van der Waals surface area contributed by atoms with E-state index in [4.69, 9.17) is 0 Å². The highest BCUT2D eigenvalue weighted by Gasteiger charge is 2.37. The molecule has 6 nitrogen and oxygen atoms in total. The minimum absolute atomic E-state index is 0.0979. The first-order chi connectivity index (χ1) is 12.8. The maximum Gasteiger partial charge on any atom is 0.280 e. The van der Waals surface area contributed by atoms with Crippen LogP contribution in [-0.2, 0) is 4.79 Å². The quantitative estimate of drug-likeness (QED) is 0.822. The lowest BCUT2D eigenvalue weighted by Gasteiger charge is -2.21. The summed E-state index contributed by atoms with van der Waals surface area (Å²) in [6, 6.07) is 9.10. The Morgan fingerprint density at radius 2 is 1.63 bits per heavy atom. The second-order valence-corrected chi connectivity index (χ2v) is 7.27. The lowest BCUT2D eigenvalue weighted by atomic mass is 9.92. The van der Waals surface area contributed by atoms with Gasteiger partial charge in [0.2, 0.25) is 5.91 Å². The van der Waals surface area contributed by atoms with Crippen molar-refractivity contribution >= 4 is 23.4 Å². The predicted octanol–water partition coefficient (Wildman–Crippen LogP) is 3.56. The molecular weight excluding hydrogens is 342 g/mol. The van der Waals surface area contributed by atoms with Crippen molar-refractivity contribution in [3.8, 4) is 0 Å². The Morgan fingerprint density at radius 3 is 2.19 bits per heavy atom. The number of imide groups is 1. The van der Waals surface area contributed by atoms with Gasteiger partial charge in [-0.2, -0.15) is 0 Å². The highest BCUT2D eigenvalue weighted by molar-refractivity contribution is 6.21. The number of anilines is 1. The topological polar surface area (TPSA) is 79.4 Å². The summed E-state index contributed by atoms with van der Waals surface area (Å²) in [4.78, 5) is 42.4. The van der Waals surface area contributed by atoms with Crippen LogP contribution in [0.5, 0.6) is 0 Å². The Labute approximate surface area is 158 Å². The first kappa shape index (κ1) is 18.8. The molecule has 1 N–H and O–H groups in total. The van der Waals surface area contributed by atoms with Crippen LogP contribution >= 0.6 is 0 Å². The standard InChI is InChI=1S/C21H23N3O3/c1-12(2)14-7-5-8-15(13(3)4)18(14)23-17(25)11-24-20(26)16-9-6-10-22-19(16)21(24)27/h5-10,12-13H,11H2,1-4H3,(H,23,25). The molecule has 1 aromatic heterocycles. The maximum atomic E-state index is 12.7. The molecular formula is C21H23N3O3. The number of para-hydroxylation sites is 1. The molecule has 0 unspecified atom stereocenters. The molecule has 3 amide bonds. The number of aromatic nitrogens is 1. The van der Waals surface area contributed by atoms with Gasteiger partial charge in [0.15, 0.2) is 0 Å². The van der Waals surface area contributed by atoms with E-state index in [9.17, 15) is 14.4 Å². The van der Waals surface area contributed by atoms with E-state index in [2.05, 4.69) is 38.0 Å². The fourth-order valence-corrected chi connectivity index (χ4v) is 3.28. The summed E-state index contributed by atoms with van der Waals surface area (Å²) in [7, 11) is 0. The van der Waals surface area contributed by atoms with Crippen LogP contribution in [0.2, 0.25) is 0 Å². The van der Waals surface area contributed by atoms with Crippen LogP contribution in [0.1, 0.15) is 71.5 Å². The molecule has 2 aromatic rings. The van der Waals surface area contributed by atoms with Crippen LogP contribution in [0.4, 0.5) is 5.69 Å². The van der Waals surface area contributed by atoms with Crippen molar-refractivity contribution < 1.29 is 14.4 Å². The molecule has 0 fully saturated rings. The lowest BCUT2D eigenvalue weighted by molar-refractivity contribution is -0.116. The summed E-state index contributed by atoms with van der Waals surface area (Å²) in [6.45, 7) is 7.91. The molecule has 1 aliphatic rings. The third kappa shape index (κ3) is 3.47. The zero-order chi connectivity index (χ0) is 19.7. The molecule has 0 atom stereocenters. The normalized spacial score (nSPS) is 13.5. The van der Waals surface area contributed by atoms with E-state index in [0.29, 0.717) is 0 Å². The zero-order valence-electron chi connectivity index (χ0n) is 15.9. The minimum Gasteiger partial charge on any atom is -0.324 e. The van der Waals surface area contributed by atoms with Crippen LogP contribution in [0.25, 0.3) is 0 Å². The first-order valence-corrected chi connectivity index (χ1v) is 9.05. The van der Waals surface area contributed by atoms with Crippen molar-refractivity contribution in [2.75, 3.05) is 11.9 Å². The Morgan fingerprint density at radius 1 is 1.00 bits per heavy atom. The van der Waals surface area contributed by atoms with E-state index in [1.54, 1.807) is 12.1 Å². The summed E-state index contributed by atoms with van der Waals surface area (Å²) in [5.74, 6) is -0.976. The fraction of sp³-hybridized carbons (Fsp3) is 0.333. The number of benzene rings is 1. The lowest BCUT2D eigenvalue weighted by Crippen LogP contribution is -2.37. The van der Waals surface area contributed by atoms with Gasteiger partial charge in [-0.15, -0.1) is 0 Å². The average Bonchev–Trinajstić information content (AvgIpc) is 2.86. The number of pyridine rings is 1. The number of rotatable bonds is 5. The Bertz CT molecular complexity index is 857. The number of nitrogens with zero attached hydrogens (tertiary/aromatic N) is 2. The zero-order valence-corrected chi connectivity index (χ0v) is 15.9. The van der Waals surface area contributed by atoms with Gasteiger partial charge in [0.25, 0.3) is 11.8 Å². The molecule has 0 spiro atoms. The van der Waals surface area contributed by atoms with E-state index in [-0.39, 0.29) is 29.6 Å². The molecule has 27 heavy (non-hydrogen) atoms. The van der Waals surface area contributed by atoms with Gasteiger partial charge >= 0.3 is 0 Å². The number of carbonyl (C=O) groups is 3. The predicted molar refractivity (Wildman–Crippen MR) is 103 cm³/mol. The number of nitrogens with one attached hydrogen (secondary N) is 1. The first-order valence-electron chi connectivity index (χ1n) is 9.05. The molecule has 0 saturated carbocycles. The molecule has 3 rings (SSSR count). The van der Waals surface area contributed by atoms with Crippen LogP contribution in [0.3, 0.4) is 0 Å². The van der Waals surface area contributed by atoms with Gasteiger partial charge in [0.1, 0.15) is 12.2 Å². The molecule has 0 bridgehead atoms. The van der Waals surface area contributed by atoms with E-state index in [0.717, 1.165) is 21.7 Å². The van der Waals surface area contributed by atoms with Crippen LogP contribution < -0.4 is 5.32 Å². The molecule has 140 valence electrons. The van der Waals surface area contributed by atoms with Crippen molar-refractivity contribution in [3.05, 3.63) is 58.9 Å². The molecule has 1 aromatic carbocycles. The van der Waals surface area contributed by atoms with Gasteiger partial charge in [-0.3, -0.25) is 24.3 Å². The minimum atomic E-state index is -0.535. The van der Waals surface area contributed by atoms with E-state index in [1.807, 2.05) is 18.2 Å². The summed E-state index contributed by atoms with van der Waals surface area (Å²) in [5.41, 5.74) is 3.15. The van der Waals surface area contributed by atoms with Crippen molar-refractivity contribution in [1.82, 2.24) is 9.88 Å². The van der Waals surface area contributed by atoms with E-state index < -0.39 is 17.7 Å². The van der Waals surface area contributed by atoms with Gasteiger partial charge in [0, 0.05) is 11.9 Å².